The number of allylic oxidation sites excluding steroid dienone is 2. The number of nitrogens with one attached hydrogen (secondary N) is 4. The maximum atomic E-state index is 15.6. The number of hydrogen-bond acceptors (Lipinski definition) is 13. The molecule has 2 saturated carbocycles. The molecule has 14 heteroatoms. The van der Waals surface area contributed by atoms with E-state index in [1.54, 1.807) is 24.3 Å². The van der Waals surface area contributed by atoms with Gasteiger partial charge in [-0.3, -0.25) is 9.59 Å². The van der Waals surface area contributed by atoms with Crippen molar-refractivity contribution >= 4 is 28.0 Å². The van der Waals surface area contributed by atoms with Crippen LogP contribution in [0.25, 0.3) is 10.8 Å². The fourth-order valence-corrected chi connectivity index (χ4v) is 16.5. The average molecular weight is 1230 g/mol. The number of ether oxygens (including phenoxy) is 1. The van der Waals surface area contributed by atoms with E-state index in [9.17, 15) is 40.5 Å². The zero-order chi connectivity index (χ0) is 63.4. The Morgan fingerprint density at radius 1 is 0.747 bits per heavy atom. The molecule has 476 valence electrons. The van der Waals surface area contributed by atoms with Gasteiger partial charge in [0.05, 0.1) is 25.2 Å². The van der Waals surface area contributed by atoms with E-state index in [4.69, 9.17) is 4.74 Å². The van der Waals surface area contributed by atoms with Gasteiger partial charge < -0.3 is 61.4 Å². The Hall–Kier alpha value is -7.82. The smallest absolute Gasteiger partial charge is 0.173 e. The minimum Gasteiger partial charge on any atom is -0.508 e. The summed E-state index contributed by atoms with van der Waals surface area (Å²) in [5.74, 6) is 11.7. The van der Waals surface area contributed by atoms with Crippen molar-refractivity contribution in [3.63, 3.8) is 0 Å². The lowest BCUT2D eigenvalue weighted by Gasteiger charge is -2.41. The molecule has 0 unspecified atom stereocenters. The van der Waals surface area contributed by atoms with Crippen molar-refractivity contribution in [2.75, 3.05) is 38.7 Å². The average Bonchev–Trinajstić information content (AvgIpc) is 1.54. The normalized spacial score (nSPS) is 29.6. The number of aliphatic hydroxyl groups is 4. The predicted octanol–water partition coefficient (Wildman–Crippen LogP) is 10.6. The summed E-state index contributed by atoms with van der Waals surface area (Å²) in [6.07, 6.45) is 8.41. The number of methoxy groups -OCH3 is 1. The minimum absolute atomic E-state index is 0.0547. The number of ketones is 2. The third-order valence-electron chi connectivity index (χ3n) is 21.2. The van der Waals surface area contributed by atoms with E-state index < -0.39 is 47.6 Å². The number of anilines is 1. The van der Waals surface area contributed by atoms with Crippen LogP contribution in [0, 0.1) is 76.9 Å². The van der Waals surface area contributed by atoms with Crippen molar-refractivity contribution in [2.24, 2.45) is 53.3 Å². The SMILES string of the molecule is CCC[C@@H]1[C@H]2C[C@H]3C[C@H]4C#C[C@H](c5cc(O)c(OC)cc5CCC(=O)[C@@H](O)C(=O)[C@H]4C2)c2ccccc2[C@@H]2C[C@H](CO)[C@@H](Cc4cccc(O)c4)[C@H](C#CC[C@@H]3C3=CCNC(=C3)Nc3ccc4ccc(c(O)c4c3)C[C@H](O)CNC[C@@H](C)c3c[nH]c(c3)C[C@H]1O)C2. The van der Waals surface area contributed by atoms with Crippen LogP contribution in [0.5, 0.6) is 23.0 Å². The number of aromatic hydroxyl groups is 3. The Morgan fingerprint density at radius 3 is 2.40 bits per heavy atom. The van der Waals surface area contributed by atoms with E-state index >= 15 is 4.79 Å². The second-order valence-electron chi connectivity index (χ2n) is 27.0. The molecule has 14 nitrogen and oxygen atoms in total. The Kier molecular flexibility index (Phi) is 19.5. The van der Waals surface area contributed by atoms with Crippen LogP contribution in [0.2, 0.25) is 0 Å². The van der Waals surface area contributed by atoms with Crippen LogP contribution in [0.15, 0.2) is 127 Å². The van der Waals surface area contributed by atoms with Gasteiger partial charge in [-0.25, -0.2) is 0 Å². The number of phenols is 3. The molecule has 0 saturated heterocycles. The standard InChI is InChI=1S/C77H88N4O10/c1-4-9-63-54-30-52-29-48-19-22-65(67-39-72(87)73(91-3)35-49(67)20-23-70(85)77(90)76(89)68(48)34-54)64-14-6-5-13-62(64)53-28-47(66(56(31-53)43-82)27-45-10-7-12-59(83)26-45)11-8-15-61(52)50-24-25-79-74(36-50)81-57-21-18-46-16-17-51(75(88)69(46)37-57)33-60(84)42-78-40-44(2)55-32-58(80-41-55)38-71(63)86/h5-7,10,12-14,16-18,21,24,26,32,35-37,39,41,44,47-48,52-54,56,60-61,63,65-66,68,71,77-84,86-88,90H,4,9,15,20,23,25,27-31,33-34,38,40,42-43H2,1-3H3/t44-,47-,48-,52-,53+,54+,56-,60+,61-,63-,65+,66+,68+,71-,77-/m1/s1. The summed E-state index contributed by atoms with van der Waals surface area (Å²) in [7, 11) is 1.48. The van der Waals surface area contributed by atoms with Crippen LogP contribution in [-0.4, -0.2) is 104 Å². The fraction of sp³-hybridized carbons (Fsp3) is 0.455. The highest BCUT2D eigenvalue weighted by molar-refractivity contribution is 6.06. The summed E-state index contributed by atoms with van der Waals surface area (Å²) >= 11 is 0. The molecule has 1 aromatic heterocycles. The molecule has 6 aliphatic rings. The zero-order valence-electron chi connectivity index (χ0n) is 52.5. The number of carbonyl (C=O) groups is 2. The number of aromatic amines is 1. The summed E-state index contributed by atoms with van der Waals surface area (Å²) in [4.78, 5) is 33.7. The monoisotopic (exact) mass is 1230 g/mol. The van der Waals surface area contributed by atoms with Gasteiger partial charge in [0, 0.05) is 92.6 Å². The quantitative estimate of drug-likeness (QED) is 0.0551. The molecule has 6 aromatic rings. The molecule has 2 aliphatic heterocycles. The van der Waals surface area contributed by atoms with Crippen LogP contribution in [0.1, 0.15) is 134 Å². The molecule has 5 aromatic carbocycles. The first-order valence-electron chi connectivity index (χ1n) is 33.2. The molecule has 0 amide bonds. The Balaban J connectivity index is 1.07. The fourth-order valence-electron chi connectivity index (χ4n) is 16.5. The number of aromatic nitrogens is 1. The number of carbonyl (C=O) groups excluding carboxylic acids is 2. The predicted molar refractivity (Wildman–Crippen MR) is 353 cm³/mol. The number of rotatable bonds is 6. The van der Waals surface area contributed by atoms with Gasteiger partial charge in [-0.15, -0.1) is 5.92 Å². The van der Waals surface area contributed by atoms with E-state index in [1.807, 2.05) is 60.8 Å². The molecule has 12 rings (SSSR count). The van der Waals surface area contributed by atoms with Gasteiger partial charge in [-0.2, -0.15) is 0 Å². The highest BCUT2D eigenvalue weighted by Gasteiger charge is 2.46. The van der Waals surface area contributed by atoms with Crippen molar-refractivity contribution in [3.8, 4) is 46.7 Å². The van der Waals surface area contributed by atoms with Crippen molar-refractivity contribution in [2.45, 2.75) is 133 Å². The first kappa shape index (κ1) is 63.3. The van der Waals surface area contributed by atoms with Gasteiger partial charge in [-0.05, 0) is 197 Å². The number of phenolic OH excluding ortho intramolecular Hbond substituents is 3. The number of hydrogen-bond donors (Lipinski definition) is 11. The van der Waals surface area contributed by atoms with Crippen molar-refractivity contribution < 1.29 is 50.1 Å². The highest BCUT2D eigenvalue weighted by Crippen LogP contribution is 2.51. The summed E-state index contributed by atoms with van der Waals surface area (Å²) in [5.41, 5.74) is 8.65. The maximum Gasteiger partial charge on any atom is 0.173 e. The molecule has 0 spiro atoms. The van der Waals surface area contributed by atoms with Gasteiger partial charge >= 0.3 is 0 Å². The lowest BCUT2D eigenvalue weighted by atomic mass is 9.63. The lowest BCUT2D eigenvalue weighted by molar-refractivity contribution is -0.142. The lowest BCUT2D eigenvalue weighted by Crippen LogP contribution is -2.40. The topological polar surface area (TPSA) is 237 Å². The number of aliphatic hydroxyl groups excluding tert-OH is 4. The van der Waals surface area contributed by atoms with Gasteiger partial charge in [0.2, 0.25) is 0 Å². The Morgan fingerprint density at radius 2 is 1.58 bits per heavy atom. The number of Topliss-reactive ketones (excluding diaryl/α,β-unsaturated/α-hetero) is 2. The molecule has 15 atom stereocenters. The third-order valence-corrected chi connectivity index (χ3v) is 21.2. The summed E-state index contributed by atoms with van der Waals surface area (Å²) < 4.78 is 5.70. The number of benzene rings is 5. The molecule has 91 heavy (non-hydrogen) atoms. The summed E-state index contributed by atoms with van der Waals surface area (Å²) in [5, 5.41) is 94.6. The van der Waals surface area contributed by atoms with Crippen molar-refractivity contribution in [1.82, 2.24) is 15.6 Å². The van der Waals surface area contributed by atoms with Gasteiger partial charge in [-0.1, -0.05) is 98.7 Å². The number of β-amino-alcohol motifs (C(OH)–C–C–N with tert-alkyl or cyclic N) is 1. The van der Waals surface area contributed by atoms with E-state index in [0.717, 1.165) is 56.8 Å². The largest absolute Gasteiger partial charge is 0.508 e. The second kappa shape index (κ2) is 28.0. The molecule has 4 aliphatic carbocycles. The first-order chi connectivity index (χ1) is 44.1. The van der Waals surface area contributed by atoms with Crippen LogP contribution >= 0.6 is 0 Å². The van der Waals surface area contributed by atoms with Crippen LogP contribution in [0.3, 0.4) is 0 Å². The molecule has 11 N–H and O–H groups in total. The maximum absolute atomic E-state index is 15.6. The molecular formula is C77H88N4O10. The number of aryl methyl sites for hydroxylation is 1. The first-order valence-corrected chi connectivity index (χ1v) is 33.2. The highest BCUT2D eigenvalue weighted by atomic mass is 16.5. The minimum atomic E-state index is -1.92. The van der Waals surface area contributed by atoms with Crippen molar-refractivity contribution in [3.05, 3.63) is 171 Å². The number of fused-ring (bicyclic) bond motifs is 15. The van der Waals surface area contributed by atoms with E-state index in [-0.39, 0.29) is 109 Å². The Bertz CT molecular complexity index is 3840. The van der Waals surface area contributed by atoms with E-state index in [1.165, 1.54) is 7.11 Å². The zero-order valence-corrected chi connectivity index (χ0v) is 52.5. The summed E-state index contributed by atoms with van der Waals surface area (Å²) in [6, 6.07) is 31.0. The van der Waals surface area contributed by atoms with Crippen LogP contribution in [0.4, 0.5) is 5.69 Å². The molecule has 13 bridgehead atoms. The van der Waals surface area contributed by atoms with E-state index in [2.05, 4.69) is 88.8 Å². The van der Waals surface area contributed by atoms with Gasteiger partial charge in [0.25, 0.3) is 0 Å². The number of dihydropyridines is 1. The molecular weight excluding hydrogens is 1140 g/mol. The van der Waals surface area contributed by atoms with Gasteiger partial charge in [0.15, 0.2) is 29.2 Å². The number of H-pyrrole nitrogens is 1. The molecule has 2 fully saturated rings. The van der Waals surface area contributed by atoms with Crippen LogP contribution < -0.4 is 20.7 Å². The third kappa shape index (κ3) is 13.9. The second-order valence-corrected chi connectivity index (χ2v) is 27.0. The van der Waals surface area contributed by atoms with Crippen LogP contribution in [-0.2, 0) is 35.3 Å². The van der Waals surface area contributed by atoms with E-state index in [0.29, 0.717) is 93.1 Å². The summed E-state index contributed by atoms with van der Waals surface area (Å²) in [6.45, 7) is 5.54. The molecule has 0 radical (unpaired) electrons. The Labute approximate surface area is 534 Å². The van der Waals surface area contributed by atoms with Crippen molar-refractivity contribution in [1.29, 1.82) is 0 Å². The van der Waals surface area contributed by atoms with Gasteiger partial charge in [0.1, 0.15) is 17.3 Å². The molecule has 3 heterocycles.